The van der Waals surface area contributed by atoms with Gasteiger partial charge in [0, 0.05) is 17.5 Å². The van der Waals surface area contributed by atoms with E-state index < -0.39 is 4.75 Å². The molecule has 0 saturated carbocycles. The number of hydrogen-bond donors (Lipinski definition) is 0. The van der Waals surface area contributed by atoms with Gasteiger partial charge in [-0.3, -0.25) is 4.79 Å². The van der Waals surface area contributed by atoms with Gasteiger partial charge in [0.2, 0.25) is 5.75 Å². The van der Waals surface area contributed by atoms with E-state index in [1.165, 1.54) is 11.8 Å². The fourth-order valence-corrected chi connectivity index (χ4v) is 5.60. The van der Waals surface area contributed by atoms with E-state index in [1.54, 1.807) is 26.2 Å². The summed E-state index contributed by atoms with van der Waals surface area (Å²) in [5, 5.41) is 0.609. The molecule has 1 unspecified atom stereocenters. The van der Waals surface area contributed by atoms with E-state index in [9.17, 15) is 4.79 Å². The molecule has 156 valence electrons. The second-order valence-corrected chi connectivity index (χ2v) is 8.47. The predicted octanol–water partition coefficient (Wildman–Crippen LogP) is 5.18. The molecule has 5 nitrogen and oxygen atoms in total. The lowest BCUT2D eigenvalue weighted by Crippen LogP contribution is -2.35. The molecule has 2 aromatic carbocycles. The Morgan fingerprint density at radius 3 is 2.40 bits per heavy atom. The van der Waals surface area contributed by atoms with Crippen molar-refractivity contribution in [2.75, 3.05) is 32.8 Å². The van der Waals surface area contributed by atoms with Crippen molar-refractivity contribution >= 4 is 40.0 Å². The molecule has 0 aliphatic carbocycles. The van der Waals surface area contributed by atoms with E-state index in [4.69, 9.17) is 25.8 Å². The van der Waals surface area contributed by atoms with Crippen LogP contribution < -0.4 is 19.1 Å². The summed E-state index contributed by atoms with van der Waals surface area (Å²) < 4.78 is 15.9. The fraction of sp³-hybridized carbons (Fsp3) is 0.261. The third kappa shape index (κ3) is 2.89. The number of fused-ring (bicyclic) bond motifs is 2. The first-order chi connectivity index (χ1) is 14.5. The summed E-state index contributed by atoms with van der Waals surface area (Å²) in [5.74, 6) is 1.43. The number of benzene rings is 2. The number of allylic oxidation sites excluding steroid dienone is 1. The molecule has 0 N–H and O–H groups in total. The van der Waals surface area contributed by atoms with Crippen molar-refractivity contribution in [3.63, 3.8) is 0 Å². The van der Waals surface area contributed by atoms with Gasteiger partial charge in [0.15, 0.2) is 11.5 Å². The summed E-state index contributed by atoms with van der Waals surface area (Å²) in [5.41, 5.74) is 2.41. The van der Waals surface area contributed by atoms with Gasteiger partial charge in [0.05, 0.1) is 37.6 Å². The standard InChI is InChI=1S/C23H22ClNO4S/c1-5-25-15-13-16(27-2)20(28-3)21(29-4)18(15)23(22(25)26)12-11-17(30-23)19(24)14-9-7-6-8-10-14/h6-13H,5H2,1-4H3/b19-17+. The van der Waals surface area contributed by atoms with Gasteiger partial charge in [-0.1, -0.05) is 59.8 Å². The van der Waals surface area contributed by atoms with Crippen molar-refractivity contribution in [1.29, 1.82) is 0 Å². The number of anilines is 1. The van der Waals surface area contributed by atoms with Gasteiger partial charge in [-0.05, 0) is 18.6 Å². The van der Waals surface area contributed by atoms with Crippen LogP contribution in [0.15, 0.2) is 53.5 Å². The van der Waals surface area contributed by atoms with Crippen LogP contribution in [0.2, 0.25) is 0 Å². The Morgan fingerprint density at radius 2 is 1.80 bits per heavy atom. The lowest BCUT2D eigenvalue weighted by molar-refractivity contribution is -0.119. The van der Waals surface area contributed by atoms with Gasteiger partial charge in [-0.15, -0.1) is 0 Å². The number of thioether (sulfide) groups is 1. The molecule has 30 heavy (non-hydrogen) atoms. The van der Waals surface area contributed by atoms with Crippen LogP contribution in [-0.2, 0) is 9.54 Å². The molecule has 4 rings (SSSR count). The van der Waals surface area contributed by atoms with Gasteiger partial charge in [0.25, 0.3) is 5.91 Å². The lowest BCUT2D eigenvalue weighted by Gasteiger charge is -2.23. The lowest BCUT2D eigenvalue weighted by atomic mass is 9.97. The molecule has 7 heteroatoms. The molecule has 0 aromatic heterocycles. The minimum atomic E-state index is -0.972. The van der Waals surface area contributed by atoms with Gasteiger partial charge in [-0.2, -0.15) is 0 Å². The molecular formula is C23H22ClNO4S. The predicted molar refractivity (Wildman–Crippen MR) is 122 cm³/mol. The maximum atomic E-state index is 13.6. The van der Waals surface area contributed by atoms with Crippen molar-refractivity contribution in [3.8, 4) is 17.2 Å². The van der Waals surface area contributed by atoms with Crippen LogP contribution in [0.3, 0.4) is 0 Å². The van der Waals surface area contributed by atoms with Crippen molar-refractivity contribution in [2.45, 2.75) is 11.7 Å². The van der Waals surface area contributed by atoms with Crippen molar-refractivity contribution in [2.24, 2.45) is 0 Å². The first-order valence-corrected chi connectivity index (χ1v) is 10.7. The largest absolute Gasteiger partial charge is 0.493 e. The number of methoxy groups -OCH3 is 3. The Morgan fingerprint density at radius 1 is 1.10 bits per heavy atom. The Bertz CT molecular complexity index is 1070. The molecule has 1 spiro atoms. The maximum Gasteiger partial charge on any atom is 0.252 e. The van der Waals surface area contributed by atoms with E-state index in [0.29, 0.717) is 28.8 Å². The second-order valence-electron chi connectivity index (χ2n) is 6.80. The minimum Gasteiger partial charge on any atom is -0.493 e. The first kappa shape index (κ1) is 20.7. The fourth-order valence-electron chi connectivity index (χ4n) is 3.97. The van der Waals surface area contributed by atoms with Gasteiger partial charge < -0.3 is 19.1 Å². The molecule has 2 aliphatic rings. The number of halogens is 1. The zero-order chi connectivity index (χ0) is 21.5. The van der Waals surface area contributed by atoms with E-state index in [0.717, 1.165) is 21.7 Å². The number of nitrogens with zero attached hydrogens (tertiary/aromatic N) is 1. The normalized spacial score (nSPS) is 21.2. The zero-order valence-electron chi connectivity index (χ0n) is 17.2. The van der Waals surface area contributed by atoms with Crippen LogP contribution in [0, 0.1) is 0 Å². The van der Waals surface area contributed by atoms with E-state index in [2.05, 4.69) is 0 Å². The van der Waals surface area contributed by atoms with Crippen LogP contribution in [-0.4, -0.2) is 33.8 Å². The number of hydrogen-bond acceptors (Lipinski definition) is 5. The van der Waals surface area contributed by atoms with Gasteiger partial charge >= 0.3 is 0 Å². The molecule has 2 aliphatic heterocycles. The van der Waals surface area contributed by atoms with E-state index in [-0.39, 0.29) is 5.91 Å². The number of ether oxygens (including phenoxy) is 3. The highest BCUT2D eigenvalue weighted by atomic mass is 35.5. The van der Waals surface area contributed by atoms with Crippen LogP contribution in [0.4, 0.5) is 5.69 Å². The van der Waals surface area contributed by atoms with Gasteiger partial charge in [-0.25, -0.2) is 0 Å². The summed E-state index contributed by atoms with van der Waals surface area (Å²) in [6, 6.07) is 11.6. The maximum absolute atomic E-state index is 13.6. The Hall–Kier alpha value is -2.57. The smallest absolute Gasteiger partial charge is 0.252 e. The monoisotopic (exact) mass is 443 g/mol. The van der Waals surface area contributed by atoms with Crippen LogP contribution in [0.1, 0.15) is 18.1 Å². The Labute approximate surface area is 185 Å². The topological polar surface area (TPSA) is 48.0 Å². The third-order valence-corrected chi connectivity index (χ3v) is 7.27. The summed E-state index contributed by atoms with van der Waals surface area (Å²) in [6.07, 6.45) is 3.82. The third-order valence-electron chi connectivity index (χ3n) is 5.33. The number of carbonyl (C=O) groups excluding carboxylic acids is 1. The average Bonchev–Trinajstić information content (AvgIpc) is 3.33. The molecule has 0 fully saturated rings. The Balaban J connectivity index is 1.92. The van der Waals surface area contributed by atoms with Crippen LogP contribution in [0.25, 0.3) is 5.03 Å². The number of amides is 1. The molecule has 0 bridgehead atoms. The van der Waals surface area contributed by atoms with Crippen molar-refractivity contribution < 1.29 is 19.0 Å². The minimum absolute atomic E-state index is 0.0395. The van der Waals surface area contributed by atoms with Crippen LogP contribution in [0.5, 0.6) is 17.2 Å². The highest BCUT2D eigenvalue weighted by Gasteiger charge is 2.55. The number of likely N-dealkylation sites (N-methyl/N-ethyl adjacent to an activating group) is 1. The Kier molecular flexibility index (Phi) is 5.47. The molecule has 1 atom stereocenters. The van der Waals surface area contributed by atoms with E-state index >= 15 is 0 Å². The quantitative estimate of drug-likeness (QED) is 0.636. The van der Waals surface area contributed by atoms with Crippen molar-refractivity contribution in [3.05, 3.63) is 64.6 Å². The van der Waals surface area contributed by atoms with E-state index in [1.807, 2.05) is 55.5 Å². The summed E-state index contributed by atoms with van der Waals surface area (Å²) in [6.45, 7) is 2.47. The summed E-state index contributed by atoms with van der Waals surface area (Å²) >= 11 is 8.13. The molecular weight excluding hydrogens is 422 g/mol. The first-order valence-electron chi connectivity index (χ1n) is 9.51. The highest BCUT2D eigenvalue weighted by Crippen LogP contribution is 2.62. The molecule has 0 radical (unpaired) electrons. The van der Waals surface area contributed by atoms with Crippen LogP contribution >= 0.6 is 23.4 Å². The molecule has 1 amide bonds. The molecule has 2 aromatic rings. The molecule has 2 heterocycles. The second kappa shape index (κ2) is 7.93. The number of carbonyl (C=O) groups is 1. The number of rotatable bonds is 5. The summed E-state index contributed by atoms with van der Waals surface area (Å²) in [7, 11) is 4.70. The van der Waals surface area contributed by atoms with Crippen molar-refractivity contribution in [1.82, 2.24) is 0 Å². The molecule has 0 saturated heterocycles. The highest BCUT2D eigenvalue weighted by molar-refractivity contribution is 8.05. The average molecular weight is 444 g/mol. The van der Waals surface area contributed by atoms with Gasteiger partial charge in [0.1, 0.15) is 4.75 Å². The summed E-state index contributed by atoms with van der Waals surface area (Å²) in [4.78, 5) is 16.2. The SMILES string of the molecule is CCN1C(=O)C2(C=C/C(=C(\Cl)c3ccccc3)S2)c2c1cc(OC)c(OC)c2OC. The zero-order valence-corrected chi connectivity index (χ0v) is 18.8.